The Morgan fingerprint density at radius 3 is 2.56 bits per heavy atom. The first-order valence-corrected chi connectivity index (χ1v) is 6.14. The van der Waals surface area contributed by atoms with Crippen molar-refractivity contribution >= 4 is 22.9 Å². The Hall–Kier alpha value is -0.950. The molecule has 1 nitrogen and oxygen atoms in total. The van der Waals surface area contributed by atoms with Gasteiger partial charge in [0, 0.05) is 17.1 Å². The molecule has 1 N–H and O–H groups in total. The number of hydrogen-bond donors (Lipinski definition) is 1. The summed E-state index contributed by atoms with van der Waals surface area (Å²) in [5.41, 5.74) is 6.34. The topological polar surface area (TPSA) is 12.0 Å². The van der Waals surface area contributed by atoms with Crippen LogP contribution in [0.15, 0.2) is 18.2 Å². The molecule has 1 heterocycles. The molecule has 0 unspecified atom stereocenters. The number of benzene rings is 1. The van der Waals surface area contributed by atoms with Crippen LogP contribution in [0.3, 0.4) is 0 Å². The molecule has 1 aromatic carbocycles. The van der Waals surface area contributed by atoms with Crippen LogP contribution >= 0.6 is 11.6 Å². The van der Waals surface area contributed by atoms with Crippen molar-refractivity contribution in [3.05, 3.63) is 34.9 Å². The lowest BCUT2D eigenvalue weighted by molar-refractivity contribution is 0.707. The Morgan fingerprint density at radius 1 is 1.25 bits per heavy atom. The number of alkyl halides is 1. The van der Waals surface area contributed by atoms with Crippen LogP contribution in [-0.4, -0.2) is 5.54 Å². The molecule has 0 atom stereocenters. The number of rotatable bonds is 1. The van der Waals surface area contributed by atoms with E-state index in [1.807, 2.05) is 0 Å². The van der Waals surface area contributed by atoms with E-state index >= 15 is 0 Å². The van der Waals surface area contributed by atoms with Gasteiger partial charge in [-0.1, -0.05) is 12.1 Å². The number of anilines is 1. The van der Waals surface area contributed by atoms with Crippen LogP contribution in [0, 0.1) is 6.92 Å². The highest BCUT2D eigenvalue weighted by Crippen LogP contribution is 2.37. The Kier molecular flexibility index (Phi) is 2.75. The van der Waals surface area contributed by atoms with Gasteiger partial charge in [0.05, 0.1) is 5.54 Å². The maximum Gasteiger partial charge on any atom is 0.0505 e. The minimum absolute atomic E-state index is 0.0237. The Bertz CT molecular complexity index is 458. The summed E-state index contributed by atoms with van der Waals surface area (Å²) in [5.74, 6) is 0.572. The molecule has 0 aliphatic carbocycles. The number of halogens is 1. The van der Waals surface area contributed by atoms with E-state index in [0.717, 1.165) is 0 Å². The summed E-state index contributed by atoms with van der Waals surface area (Å²) in [7, 11) is 0. The zero-order valence-electron chi connectivity index (χ0n) is 10.3. The van der Waals surface area contributed by atoms with E-state index in [2.05, 4.69) is 51.2 Å². The van der Waals surface area contributed by atoms with Crippen molar-refractivity contribution in [3.8, 4) is 0 Å². The fourth-order valence-electron chi connectivity index (χ4n) is 2.48. The zero-order chi connectivity index (χ0) is 11.9. The molecule has 1 aliphatic rings. The second kappa shape index (κ2) is 3.81. The van der Waals surface area contributed by atoms with Gasteiger partial charge in [-0.2, -0.15) is 0 Å². The third-order valence-electron chi connectivity index (χ3n) is 3.11. The summed E-state index contributed by atoms with van der Waals surface area (Å²) in [6, 6.07) is 4.29. The van der Waals surface area contributed by atoms with E-state index in [1.165, 1.54) is 28.0 Å². The third kappa shape index (κ3) is 1.84. The number of aryl methyl sites for hydroxylation is 1. The summed E-state index contributed by atoms with van der Waals surface area (Å²) < 4.78 is 0. The maximum atomic E-state index is 6.05. The molecule has 0 bridgehead atoms. The van der Waals surface area contributed by atoms with Crippen molar-refractivity contribution < 1.29 is 0 Å². The van der Waals surface area contributed by atoms with Gasteiger partial charge in [-0.15, -0.1) is 11.6 Å². The molecule has 0 saturated heterocycles. The average Bonchev–Trinajstić information content (AvgIpc) is 2.17. The molecule has 1 aromatic rings. The van der Waals surface area contributed by atoms with Gasteiger partial charge in [0.2, 0.25) is 0 Å². The fraction of sp³-hybridized carbons (Fsp3) is 0.429. The van der Waals surface area contributed by atoms with E-state index in [-0.39, 0.29) is 5.54 Å². The van der Waals surface area contributed by atoms with Gasteiger partial charge >= 0.3 is 0 Å². The van der Waals surface area contributed by atoms with Crippen LogP contribution in [0.2, 0.25) is 0 Å². The zero-order valence-corrected chi connectivity index (χ0v) is 11.1. The summed E-state index contributed by atoms with van der Waals surface area (Å²) in [6.45, 7) is 8.64. The molecule has 2 rings (SSSR count). The lowest BCUT2D eigenvalue weighted by Crippen LogP contribution is -2.31. The van der Waals surface area contributed by atoms with Crippen LogP contribution in [0.5, 0.6) is 0 Å². The number of fused-ring (bicyclic) bond motifs is 1. The largest absolute Gasteiger partial charge is 0.376 e. The van der Waals surface area contributed by atoms with Crippen molar-refractivity contribution in [1.29, 1.82) is 0 Å². The highest BCUT2D eigenvalue weighted by molar-refractivity contribution is 6.17. The van der Waals surface area contributed by atoms with Gasteiger partial charge in [0.15, 0.2) is 0 Å². The molecule has 86 valence electrons. The van der Waals surface area contributed by atoms with Gasteiger partial charge in [-0.25, -0.2) is 0 Å². The van der Waals surface area contributed by atoms with Gasteiger partial charge in [0.25, 0.3) is 0 Å². The highest BCUT2D eigenvalue weighted by atomic mass is 35.5. The van der Waals surface area contributed by atoms with Gasteiger partial charge in [0.1, 0.15) is 0 Å². The predicted octanol–water partition coefficient (Wildman–Crippen LogP) is 4.34. The summed E-state index contributed by atoms with van der Waals surface area (Å²) >= 11 is 6.05. The summed E-state index contributed by atoms with van der Waals surface area (Å²) in [6.07, 6.45) is 2.27. The third-order valence-corrected chi connectivity index (χ3v) is 3.38. The van der Waals surface area contributed by atoms with Gasteiger partial charge < -0.3 is 5.32 Å². The molecule has 0 fully saturated rings. The van der Waals surface area contributed by atoms with Crippen molar-refractivity contribution in [2.24, 2.45) is 0 Å². The first-order chi connectivity index (χ1) is 7.44. The van der Waals surface area contributed by atoms with E-state index < -0.39 is 0 Å². The van der Waals surface area contributed by atoms with E-state index in [0.29, 0.717) is 5.88 Å². The molecular weight excluding hydrogens is 218 g/mol. The molecule has 16 heavy (non-hydrogen) atoms. The standard InChI is InChI=1S/C14H18ClN/c1-9-5-6-12-13(11(9)8-15)10(2)7-14(3,4)16-12/h5-7,16H,8H2,1-4H3. The predicted molar refractivity (Wildman–Crippen MR) is 72.1 cm³/mol. The quantitative estimate of drug-likeness (QED) is 0.714. The molecule has 0 spiro atoms. The monoisotopic (exact) mass is 235 g/mol. The first kappa shape index (κ1) is 11.5. The highest BCUT2D eigenvalue weighted by Gasteiger charge is 2.24. The Labute approximate surface area is 103 Å². The number of allylic oxidation sites excluding steroid dienone is 1. The average molecular weight is 236 g/mol. The molecule has 0 aromatic heterocycles. The molecular formula is C14H18ClN. The minimum atomic E-state index is 0.0237. The first-order valence-electron chi connectivity index (χ1n) is 5.61. The van der Waals surface area contributed by atoms with Crippen LogP contribution in [0.1, 0.15) is 37.5 Å². The Balaban J connectivity index is 2.65. The van der Waals surface area contributed by atoms with Crippen LogP contribution in [0.4, 0.5) is 5.69 Å². The van der Waals surface area contributed by atoms with Crippen molar-refractivity contribution in [1.82, 2.24) is 0 Å². The molecule has 2 heteroatoms. The second-order valence-corrected chi connectivity index (χ2v) is 5.36. The van der Waals surface area contributed by atoms with Gasteiger partial charge in [-0.05, 0) is 50.5 Å². The molecule has 0 saturated carbocycles. The fourth-order valence-corrected chi connectivity index (χ4v) is 2.82. The number of nitrogens with one attached hydrogen (secondary N) is 1. The van der Waals surface area contributed by atoms with E-state index in [9.17, 15) is 0 Å². The van der Waals surface area contributed by atoms with Gasteiger partial charge in [-0.3, -0.25) is 0 Å². The maximum absolute atomic E-state index is 6.05. The molecule has 0 radical (unpaired) electrons. The number of hydrogen-bond acceptors (Lipinski definition) is 1. The molecule has 1 aliphatic heterocycles. The van der Waals surface area contributed by atoms with E-state index in [4.69, 9.17) is 11.6 Å². The normalized spacial score (nSPS) is 17.4. The van der Waals surface area contributed by atoms with Crippen LogP contribution < -0.4 is 5.32 Å². The van der Waals surface area contributed by atoms with Crippen molar-refractivity contribution in [2.75, 3.05) is 5.32 Å². The van der Waals surface area contributed by atoms with Crippen molar-refractivity contribution in [3.63, 3.8) is 0 Å². The van der Waals surface area contributed by atoms with Crippen LogP contribution in [-0.2, 0) is 5.88 Å². The van der Waals surface area contributed by atoms with Crippen LogP contribution in [0.25, 0.3) is 5.57 Å². The molecule has 0 amide bonds. The lowest BCUT2D eigenvalue weighted by Gasteiger charge is -2.33. The summed E-state index contributed by atoms with van der Waals surface area (Å²) in [4.78, 5) is 0. The van der Waals surface area contributed by atoms with E-state index in [1.54, 1.807) is 0 Å². The van der Waals surface area contributed by atoms with Crippen molar-refractivity contribution in [2.45, 2.75) is 39.1 Å². The Morgan fingerprint density at radius 2 is 1.94 bits per heavy atom. The summed E-state index contributed by atoms with van der Waals surface area (Å²) in [5, 5.41) is 3.53. The SMILES string of the molecule is CC1=CC(C)(C)Nc2ccc(C)c(CCl)c21. The second-order valence-electron chi connectivity index (χ2n) is 5.09. The smallest absolute Gasteiger partial charge is 0.0505 e. The lowest BCUT2D eigenvalue weighted by atomic mass is 9.87. The minimum Gasteiger partial charge on any atom is -0.376 e.